The quantitative estimate of drug-likeness (QED) is 0.726. The highest BCUT2D eigenvalue weighted by atomic mass is 32.1. The fraction of sp³-hybridized carbons (Fsp3) is 0.421. The van der Waals surface area contributed by atoms with Gasteiger partial charge in [0.15, 0.2) is 11.5 Å². The Hall–Kier alpha value is -2.21. The molecule has 0 aliphatic heterocycles. The van der Waals surface area contributed by atoms with Gasteiger partial charge in [-0.2, -0.15) is 0 Å². The van der Waals surface area contributed by atoms with Crippen molar-refractivity contribution in [1.29, 1.82) is 0 Å². The maximum atomic E-state index is 12.6. The van der Waals surface area contributed by atoms with Gasteiger partial charge in [-0.15, -0.1) is 11.3 Å². The van der Waals surface area contributed by atoms with E-state index in [2.05, 4.69) is 5.32 Å². The van der Waals surface area contributed by atoms with Crippen molar-refractivity contribution in [1.82, 2.24) is 5.32 Å². The number of nitrogens with one attached hydrogen (secondary N) is 1. The SMILES string of the molecule is CCOc1cc(C(=O)NCc2sccc2C)cc(OCC)c1OCC. The van der Waals surface area contributed by atoms with Crippen molar-refractivity contribution in [3.63, 3.8) is 0 Å². The zero-order chi connectivity index (χ0) is 18.2. The summed E-state index contributed by atoms with van der Waals surface area (Å²) in [6, 6.07) is 5.45. The van der Waals surface area contributed by atoms with Crippen LogP contribution in [0.15, 0.2) is 23.6 Å². The zero-order valence-electron chi connectivity index (χ0n) is 15.2. The molecule has 6 heteroatoms. The number of carbonyl (C=O) groups is 1. The number of carbonyl (C=O) groups excluding carboxylic acids is 1. The molecule has 0 radical (unpaired) electrons. The molecule has 0 unspecified atom stereocenters. The lowest BCUT2D eigenvalue weighted by Gasteiger charge is -2.17. The molecule has 0 saturated carbocycles. The third kappa shape index (κ3) is 4.89. The first-order chi connectivity index (χ1) is 12.1. The Morgan fingerprint density at radius 3 is 2.12 bits per heavy atom. The molecule has 0 saturated heterocycles. The first-order valence-electron chi connectivity index (χ1n) is 8.48. The van der Waals surface area contributed by atoms with Crippen LogP contribution in [0.5, 0.6) is 17.2 Å². The Bertz CT molecular complexity index is 684. The molecule has 0 spiro atoms. The fourth-order valence-electron chi connectivity index (χ4n) is 2.37. The Morgan fingerprint density at radius 2 is 1.64 bits per heavy atom. The van der Waals surface area contributed by atoms with Crippen LogP contribution in [0.2, 0.25) is 0 Å². The van der Waals surface area contributed by atoms with Crippen LogP contribution in [0.4, 0.5) is 0 Å². The second kappa shape index (κ2) is 9.32. The standard InChI is InChI=1S/C19H25NO4S/c1-5-22-15-10-14(11-16(23-6-2)18(15)24-7-3)19(21)20-12-17-13(4)8-9-25-17/h8-11H,5-7,12H2,1-4H3,(H,20,21). The monoisotopic (exact) mass is 363 g/mol. The van der Waals surface area contributed by atoms with E-state index in [9.17, 15) is 4.79 Å². The molecule has 1 N–H and O–H groups in total. The topological polar surface area (TPSA) is 56.8 Å². The molecule has 1 heterocycles. The number of hydrogen-bond donors (Lipinski definition) is 1. The van der Waals surface area contributed by atoms with Crippen LogP contribution in [-0.4, -0.2) is 25.7 Å². The van der Waals surface area contributed by atoms with Crippen LogP contribution in [0.25, 0.3) is 0 Å². The molecule has 25 heavy (non-hydrogen) atoms. The Morgan fingerprint density at radius 1 is 1.04 bits per heavy atom. The summed E-state index contributed by atoms with van der Waals surface area (Å²) in [6.45, 7) is 9.67. The van der Waals surface area contributed by atoms with Gasteiger partial charge < -0.3 is 19.5 Å². The minimum Gasteiger partial charge on any atom is -0.490 e. The minimum absolute atomic E-state index is 0.169. The van der Waals surface area contributed by atoms with Gasteiger partial charge in [-0.3, -0.25) is 4.79 Å². The fourth-order valence-corrected chi connectivity index (χ4v) is 3.21. The number of amides is 1. The van der Waals surface area contributed by atoms with Gasteiger partial charge in [-0.25, -0.2) is 0 Å². The summed E-state index contributed by atoms with van der Waals surface area (Å²) in [4.78, 5) is 13.7. The molecule has 2 rings (SSSR count). The zero-order valence-corrected chi connectivity index (χ0v) is 16.0. The number of benzene rings is 1. The average Bonchev–Trinajstić information content (AvgIpc) is 3.00. The summed E-state index contributed by atoms with van der Waals surface area (Å²) < 4.78 is 17.0. The molecular formula is C19H25NO4S. The molecule has 2 aromatic rings. The van der Waals surface area contributed by atoms with Crippen molar-refractivity contribution in [2.24, 2.45) is 0 Å². The second-order valence-electron chi connectivity index (χ2n) is 5.31. The smallest absolute Gasteiger partial charge is 0.251 e. The Kier molecular flexibility index (Phi) is 7.13. The van der Waals surface area contributed by atoms with E-state index in [1.165, 1.54) is 5.56 Å². The lowest BCUT2D eigenvalue weighted by atomic mass is 10.1. The number of rotatable bonds is 9. The van der Waals surface area contributed by atoms with Crippen molar-refractivity contribution in [2.75, 3.05) is 19.8 Å². The van der Waals surface area contributed by atoms with Crippen molar-refractivity contribution in [2.45, 2.75) is 34.2 Å². The van der Waals surface area contributed by atoms with Crippen LogP contribution in [0.3, 0.4) is 0 Å². The summed E-state index contributed by atoms with van der Waals surface area (Å²) in [5.74, 6) is 1.41. The number of thiophene rings is 1. The summed E-state index contributed by atoms with van der Waals surface area (Å²) in [5.41, 5.74) is 1.67. The third-order valence-corrected chi connectivity index (χ3v) is 4.57. The van der Waals surface area contributed by atoms with Crippen molar-refractivity contribution in [3.8, 4) is 17.2 Å². The third-order valence-electron chi connectivity index (χ3n) is 3.55. The molecular weight excluding hydrogens is 338 g/mol. The van der Waals surface area contributed by atoms with Gasteiger partial charge in [-0.1, -0.05) is 0 Å². The molecule has 0 atom stereocenters. The number of ether oxygens (including phenoxy) is 3. The van der Waals surface area contributed by atoms with E-state index in [-0.39, 0.29) is 5.91 Å². The van der Waals surface area contributed by atoms with Crippen LogP contribution in [-0.2, 0) is 6.54 Å². The van der Waals surface area contributed by atoms with Crippen molar-refractivity contribution >= 4 is 17.2 Å². The maximum Gasteiger partial charge on any atom is 0.251 e. The average molecular weight is 363 g/mol. The molecule has 0 fully saturated rings. The summed E-state index contributed by atoms with van der Waals surface area (Å²) >= 11 is 1.63. The maximum absolute atomic E-state index is 12.6. The van der Waals surface area contributed by atoms with Crippen molar-refractivity contribution < 1.29 is 19.0 Å². The second-order valence-corrected chi connectivity index (χ2v) is 6.31. The minimum atomic E-state index is -0.169. The van der Waals surface area contributed by atoms with Gasteiger partial charge in [0, 0.05) is 10.4 Å². The van der Waals surface area contributed by atoms with Crippen LogP contribution in [0.1, 0.15) is 41.6 Å². The van der Waals surface area contributed by atoms with E-state index in [1.54, 1.807) is 23.5 Å². The van der Waals surface area contributed by atoms with Gasteiger partial charge in [0.05, 0.1) is 26.4 Å². The summed E-state index contributed by atoms with van der Waals surface area (Å²) in [7, 11) is 0. The first kappa shape index (κ1) is 19.1. The number of aryl methyl sites for hydroxylation is 1. The van der Waals surface area contributed by atoms with E-state index in [4.69, 9.17) is 14.2 Å². The van der Waals surface area contributed by atoms with E-state index in [0.29, 0.717) is 49.2 Å². The number of hydrogen-bond acceptors (Lipinski definition) is 5. The molecule has 0 bridgehead atoms. The van der Waals surface area contributed by atoms with Gasteiger partial charge in [0.2, 0.25) is 5.75 Å². The predicted molar refractivity (Wildman–Crippen MR) is 100 cm³/mol. The molecule has 1 aromatic heterocycles. The normalized spacial score (nSPS) is 10.4. The van der Waals surface area contributed by atoms with E-state index < -0.39 is 0 Å². The molecule has 1 amide bonds. The highest BCUT2D eigenvalue weighted by Crippen LogP contribution is 2.39. The summed E-state index contributed by atoms with van der Waals surface area (Å²) in [6.07, 6.45) is 0. The van der Waals surface area contributed by atoms with Crippen LogP contribution < -0.4 is 19.5 Å². The van der Waals surface area contributed by atoms with Gasteiger partial charge >= 0.3 is 0 Å². The van der Waals surface area contributed by atoms with Gasteiger partial charge in [0.25, 0.3) is 5.91 Å². The summed E-state index contributed by atoms with van der Waals surface area (Å²) in [5, 5.41) is 4.97. The van der Waals surface area contributed by atoms with E-state index >= 15 is 0 Å². The van der Waals surface area contributed by atoms with Crippen LogP contribution >= 0.6 is 11.3 Å². The molecule has 0 aliphatic rings. The Labute approximate surface area is 152 Å². The van der Waals surface area contributed by atoms with Crippen LogP contribution in [0, 0.1) is 6.92 Å². The largest absolute Gasteiger partial charge is 0.490 e. The first-order valence-corrected chi connectivity index (χ1v) is 9.36. The molecule has 5 nitrogen and oxygen atoms in total. The lowest BCUT2D eigenvalue weighted by Crippen LogP contribution is -2.23. The van der Waals surface area contributed by atoms with Gasteiger partial charge in [-0.05, 0) is 56.8 Å². The van der Waals surface area contributed by atoms with E-state index in [1.807, 2.05) is 39.1 Å². The Balaban J connectivity index is 2.26. The van der Waals surface area contributed by atoms with Gasteiger partial charge in [0.1, 0.15) is 0 Å². The highest BCUT2D eigenvalue weighted by molar-refractivity contribution is 7.10. The molecule has 0 aliphatic carbocycles. The van der Waals surface area contributed by atoms with Crippen molar-refractivity contribution in [3.05, 3.63) is 39.6 Å². The predicted octanol–water partition coefficient (Wildman–Crippen LogP) is 4.18. The van der Waals surface area contributed by atoms with E-state index in [0.717, 1.165) is 4.88 Å². The molecule has 136 valence electrons. The lowest BCUT2D eigenvalue weighted by molar-refractivity contribution is 0.0950. The molecule has 1 aromatic carbocycles. The highest BCUT2D eigenvalue weighted by Gasteiger charge is 2.18.